The first kappa shape index (κ1) is 37.3. The zero-order valence-electron chi connectivity index (χ0n) is 28.8. The summed E-state index contributed by atoms with van der Waals surface area (Å²) in [4.78, 5) is 12.0. The molecule has 0 fully saturated rings. The van der Waals surface area contributed by atoms with Gasteiger partial charge in [0.1, 0.15) is 11.7 Å². The van der Waals surface area contributed by atoms with Crippen molar-refractivity contribution in [3.05, 3.63) is 23.8 Å². The maximum atomic E-state index is 12.0. The van der Waals surface area contributed by atoms with Crippen molar-refractivity contribution < 1.29 is 23.1 Å². The summed E-state index contributed by atoms with van der Waals surface area (Å²) in [5, 5.41) is 0.321. The smallest absolute Gasteiger partial charge is 0.306 e. The number of hydrogen-bond acceptors (Lipinski definition) is 5. The predicted octanol–water partition coefficient (Wildman–Crippen LogP) is 9.60. The normalized spacial score (nSPS) is 22.4. The van der Waals surface area contributed by atoms with Gasteiger partial charge in [-0.3, -0.25) is 4.79 Å². The molecule has 234 valence electrons. The van der Waals surface area contributed by atoms with Crippen LogP contribution in [-0.2, 0) is 23.1 Å². The number of carbonyl (C=O) groups excluding carboxylic acids is 1. The summed E-state index contributed by atoms with van der Waals surface area (Å²) in [6, 6.07) is 0. The highest BCUT2D eigenvalue weighted by Gasteiger charge is 2.42. The molecule has 1 aliphatic rings. The molecule has 1 rings (SSSR count). The Hall–Kier alpha value is -0.736. The number of unbranched alkanes of at least 4 members (excludes halogenated alkanes) is 1. The molecule has 0 aromatic carbocycles. The molecule has 0 aromatic heterocycles. The summed E-state index contributed by atoms with van der Waals surface area (Å²) in [5.74, 6) is 0.283. The monoisotopic (exact) mass is 596 g/mol. The minimum atomic E-state index is -1.99. The van der Waals surface area contributed by atoms with E-state index in [0.717, 1.165) is 25.7 Å². The molecular formula is C33H64O5Si2. The molecule has 0 saturated heterocycles. The summed E-state index contributed by atoms with van der Waals surface area (Å²) < 4.78 is 25.5. The van der Waals surface area contributed by atoms with E-state index in [-0.39, 0.29) is 34.4 Å². The van der Waals surface area contributed by atoms with Crippen molar-refractivity contribution in [1.29, 1.82) is 0 Å². The van der Waals surface area contributed by atoms with Crippen LogP contribution in [0.25, 0.3) is 0 Å². The van der Waals surface area contributed by atoms with Crippen molar-refractivity contribution in [3.8, 4) is 0 Å². The van der Waals surface area contributed by atoms with Gasteiger partial charge in [0.2, 0.25) is 0 Å². The van der Waals surface area contributed by atoms with Crippen LogP contribution in [0.1, 0.15) is 108 Å². The van der Waals surface area contributed by atoms with Gasteiger partial charge in [-0.2, -0.15) is 0 Å². The predicted molar refractivity (Wildman–Crippen MR) is 175 cm³/mol. The highest BCUT2D eigenvalue weighted by molar-refractivity contribution is 6.74. The van der Waals surface area contributed by atoms with Crippen LogP contribution in [0.15, 0.2) is 23.8 Å². The maximum Gasteiger partial charge on any atom is 0.306 e. The maximum absolute atomic E-state index is 12.0. The van der Waals surface area contributed by atoms with Gasteiger partial charge < -0.3 is 18.3 Å². The molecule has 0 spiro atoms. The van der Waals surface area contributed by atoms with Gasteiger partial charge in [-0.25, -0.2) is 0 Å². The Labute approximate surface area is 250 Å². The van der Waals surface area contributed by atoms with Crippen molar-refractivity contribution in [2.24, 2.45) is 5.92 Å². The number of ether oxygens (including phenoxy) is 2. The van der Waals surface area contributed by atoms with Crippen LogP contribution in [-0.4, -0.2) is 53.1 Å². The van der Waals surface area contributed by atoms with E-state index < -0.39 is 22.2 Å². The zero-order valence-corrected chi connectivity index (χ0v) is 30.8. The molecular weight excluding hydrogens is 533 g/mol. The molecule has 0 bridgehead atoms. The van der Waals surface area contributed by atoms with Crippen molar-refractivity contribution in [3.63, 3.8) is 0 Å². The molecule has 1 heterocycles. The Morgan fingerprint density at radius 3 is 2.02 bits per heavy atom. The standard InChI is InChI=1S/C33H64O5Si2/c1-25(18-16-17-19-29(34)37-31(3,4)5)24-26(2)30-28(38-40(14,15)33(9,10)11)21-20-27(36-30)22-23-35-39(12,13)32(6,7)8/h20-21,24-25,27-28,30H,16-19,22-23H2,1-15H3/b26-24-/t25-,27-,28-,30+/m1/s1. The van der Waals surface area contributed by atoms with Gasteiger partial charge in [-0.1, -0.05) is 73.1 Å². The van der Waals surface area contributed by atoms with Gasteiger partial charge in [0.15, 0.2) is 16.6 Å². The van der Waals surface area contributed by atoms with E-state index in [4.69, 9.17) is 18.3 Å². The summed E-state index contributed by atoms with van der Waals surface area (Å²) in [5.41, 5.74) is 0.805. The molecule has 0 saturated carbocycles. The zero-order chi connectivity index (χ0) is 31.2. The molecule has 0 aromatic rings. The first-order chi connectivity index (χ1) is 18.0. The van der Waals surface area contributed by atoms with Crippen LogP contribution in [0, 0.1) is 5.92 Å². The van der Waals surface area contributed by atoms with Gasteiger partial charge in [-0.05, 0) is 94.7 Å². The van der Waals surface area contributed by atoms with Gasteiger partial charge >= 0.3 is 5.97 Å². The average molecular weight is 597 g/mol. The second-order valence-corrected chi connectivity index (χ2v) is 25.5. The first-order valence-corrected chi connectivity index (χ1v) is 21.3. The van der Waals surface area contributed by atoms with Crippen LogP contribution in [0.2, 0.25) is 36.3 Å². The lowest BCUT2D eigenvalue weighted by molar-refractivity contribution is -0.154. The van der Waals surface area contributed by atoms with E-state index in [9.17, 15) is 4.79 Å². The molecule has 0 amide bonds. The fourth-order valence-electron chi connectivity index (χ4n) is 4.20. The summed E-state index contributed by atoms with van der Waals surface area (Å²) in [6.07, 6.45) is 10.8. The number of esters is 1. The van der Waals surface area contributed by atoms with E-state index in [1.165, 1.54) is 5.57 Å². The molecule has 0 unspecified atom stereocenters. The van der Waals surface area contributed by atoms with Crippen LogP contribution >= 0.6 is 0 Å². The van der Waals surface area contributed by atoms with Gasteiger partial charge in [0.05, 0.1) is 12.2 Å². The number of hydrogen-bond donors (Lipinski definition) is 0. The molecule has 0 N–H and O–H groups in total. The van der Waals surface area contributed by atoms with Crippen LogP contribution in [0.5, 0.6) is 0 Å². The van der Waals surface area contributed by atoms with Gasteiger partial charge in [-0.15, -0.1) is 0 Å². The van der Waals surface area contributed by atoms with Crippen molar-refractivity contribution >= 4 is 22.6 Å². The largest absolute Gasteiger partial charge is 0.460 e. The minimum Gasteiger partial charge on any atom is -0.460 e. The lowest BCUT2D eigenvalue weighted by Gasteiger charge is -2.43. The van der Waals surface area contributed by atoms with Gasteiger partial charge in [0, 0.05) is 13.0 Å². The van der Waals surface area contributed by atoms with E-state index in [2.05, 4.69) is 99.8 Å². The van der Waals surface area contributed by atoms with E-state index in [0.29, 0.717) is 18.9 Å². The average Bonchev–Trinajstić information content (AvgIpc) is 2.74. The van der Waals surface area contributed by atoms with Crippen molar-refractivity contribution in [1.82, 2.24) is 0 Å². The summed E-state index contributed by atoms with van der Waals surface area (Å²) in [6.45, 7) is 33.8. The fraction of sp³-hybridized carbons (Fsp3) is 0.848. The van der Waals surface area contributed by atoms with Crippen LogP contribution in [0.3, 0.4) is 0 Å². The second kappa shape index (κ2) is 14.6. The third kappa shape index (κ3) is 12.6. The Morgan fingerprint density at radius 2 is 1.50 bits per heavy atom. The number of rotatable bonds is 13. The molecule has 0 radical (unpaired) electrons. The van der Waals surface area contributed by atoms with Crippen molar-refractivity contribution in [2.45, 2.75) is 168 Å². The Balaban J connectivity index is 2.91. The van der Waals surface area contributed by atoms with E-state index in [1.807, 2.05) is 20.8 Å². The SMILES string of the molecule is C/C(=C/[C@H](C)CCCCC(=O)OC(C)(C)C)[C@@H]1O[C@@H](CCO[Si](C)(C)C(C)(C)C)C=C[C@H]1O[Si](C)(C)C(C)(C)C. The minimum absolute atomic E-state index is 0.0153. The molecule has 1 aliphatic heterocycles. The third-order valence-electron chi connectivity index (χ3n) is 8.75. The molecule has 40 heavy (non-hydrogen) atoms. The molecule has 4 atom stereocenters. The van der Waals surface area contributed by atoms with Crippen molar-refractivity contribution in [2.75, 3.05) is 6.61 Å². The van der Waals surface area contributed by atoms with Gasteiger partial charge in [0.25, 0.3) is 0 Å². The lowest BCUT2D eigenvalue weighted by Crippen LogP contribution is -2.49. The Bertz CT molecular complexity index is 856. The molecule has 7 heteroatoms. The summed E-state index contributed by atoms with van der Waals surface area (Å²) >= 11 is 0. The number of allylic oxidation sites excluding steroid dienone is 1. The lowest BCUT2D eigenvalue weighted by atomic mass is 9.95. The molecule has 5 nitrogen and oxygen atoms in total. The highest BCUT2D eigenvalue weighted by Crippen LogP contribution is 2.40. The topological polar surface area (TPSA) is 54.0 Å². The van der Waals surface area contributed by atoms with Crippen LogP contribution < -0.4 is 0 Å². The Morgan fingerprint density at radius 1 is 0.925 bits per heavy atom. The Kier molecular flexibility index (Phi) is 13.6. The highest BCUT2D eigenvalue weighted by atomic mass is 28.4. The fourth-order valence-corrected chi connectivity index (χ4v) is 6.49. The van der Waals surface area contributed by atoms with E-state index >= 15 is 0 Å². The summed E-state index contributed by atoms with van der Waals surface area (Å²) in [7, 11) is -3.78. The number of carbonyl (C=O) groups is 1. The quantitative estimate of drug-likeness (QED) is 0.0917. The van der Waals surface area contributed by atoms with Crippen LogP contribution in [0.4, 0.5) is 0 Å². The van der Waals surface area contributed by atoms with E-state index in [1.54, 1.807) is 0 Å². The first-order valence-electron chi connectivity index (χ1n) is 15.5. The molecule has 0 aliphatic carbocycles. The third-order valence-corrected chi connectivity index (χ3v) is 17.8. The second-order valence-electron chi connectivity index (χ2n) is 15.9.